The van der Waals surface area contributed by atoms with E-state index in [9.17, 15) is 4.79 Å². The molecule has 1 rings (SSSR count). The number of nitrogens with one attached hydrogen (secondary N) is 1. The molecule has 1 fully saturated rings. The molecule has 1 amide bonds. The zero-order chi connectivity index (χ0) is 6.85. The lowest BCUT2D eigenvalue weighted by Crippen LogP contribution is -2.53. The molecule has 0 saturated carbocycles. The highest BCUT2D eigenvalue weighted by Gasteiger charge is 2.31. The number of carbonyl (C=O) groups excluding carboxylic acids is 1. The van der Waals surface area contributed by atoms with Crippen molar-refractivity contribution >= 4 is 5.91 Å². The fourth-order valence-electron chi connectivity index (χ4n) is 0.807. The second kappa shape index (κ2) is 2.33. The molecule has 9 heavy (non-hydrogen) atoms. The minimum absolute atomic E-state index is 0.108. The number of likely N-dealkylation sites (N-methyl/N-ethyl adjacent to an activating group) is 1. The summed E-state index contributed by atoms with van der Waals surface area (Å²) in [7, 11) is 1.56. The molecule has 0 bridgehead atoms. The summed E-state index contributed by atoms with van der Waals surface area (Å²) >= 11 is 0. The van der Waals surface area contributed by atoms with Crippen LogP contribution in [-0.2, 0) is 4.79 Å². The van der Waals surface area contributed by atoms with Crippen molar-refractivity contribution in [2.75, 3.05) is 13.6 Å². The topological polar surface area (TPSA) is 52.6 Å². The quantitative estimate of drug-likeness (QED) is 0.488. The molecular formula is C5H10N2O2. The normalized spacial score (nSPS) is 27.1. The van der Waals surface area contributed by atoms with E-state index >= 15 is 0 Å². The van der Waals surface area contributed by atoms with E-state index < -0.39 is 0 Å². The molecule has 0 radical (unpaired) electrons. The lowest BCUT2D eigenvalue weighted by Gasteiger charge is -2.33. The van der Waals surface area contributed by atoms with Gasteiger partial charge in [-0.3, -0.25) is 4.79 Å². The second-order valence-electron chi connectivity index (χ2n) is 2.08. The lowest BCUT2D eigenvalue weighted by atomic mass is 10.1. The molecule has 1 heterocycles. The summed E-state index contributed by atoms with van der Waals surface area (Å²) in [5.74, 6) is -0.108. The summed E-state index contributed by atoms with van der Waals surface area (Å²) in [5, 5.41) is 12.3. The number of hydrogen-bond donors (Lipinski definition) is 2. The highest BCUT2D eigenvalue weighted by atomic mass is 16.5. The van der Waals surface area contributed by atoms with Gasteiger partial charge in [0.1, 0.15) is 6.04 Å². The van der Waals surface area contributed by atoms with Gasteiger partial charge in [-0.15, -0.1) is 0 Å². The monoisotopic (exact) mass is 130 g/mol. The number of hydrogen-bond acceptors (Lipinski definition) is 3. The van der Waals surface area contributed by atoms with E-state index in [1.807, 2.05) is 0 Å². The van der Waals surface area contributed by atoms with Gasteiger partial charge < -0.3 is 10.5 Å². The third-order valence-corrected chi connectivity index (χ3v) is 1.54. The van der Waals surface area contributed by atoms with Gasteiger partial charge in [-0.05, 0) is 6.42 Å². The Kier molecular flexibility index (Phi) is 1.68. The Hall–Kier alpha value is -0.610. The van der Waals surface area contributed by atoms with Crippen molar-refractivity contribution in [2.45, 2.75) is 12.5 Å². The highest BCUT2D eigenvalue weighted by Crippen LogP contribution is 2.12. The van der Waals surface area contributed by atoms with Crippen LogP contribution < -0.4 is 5.32 Å². The number of carbonyl (C=O) groups is 1. The highest BCUT2D eigenvalue weighted by molar-refractivity contribution is 5.82. The van der Waals surface area contributed by atoms with Crippen molar-refractivity contribution in [3.05, 3.63) is 0 Å². The van der Waals surface area contributed by atoms with Crippen molar-refractivity contribution in [1.29, 1.82) is 0 Å². The van der Waals surface area contributed by atoms with Gasteiger partial charge in [0, 0.05) is 13.6 Å². The van der Waals surface area contributed by atoms with E-state index in [4.69, 9.17) is 5.21 Å². The zero-order valence-electron chi connectivity index (χ0n) is 5.29. The summed E-state index contributed by atoms with van der Waals surface area (Å²) in [6.45, 7) is 0.609. The summed E-state index contributed by atoms with van der Waals surface area (Å²) in [6, 6.07) is -0.296. The Morgan fingerprint density at radius 2 is 2.56 bits per heavy atom. The van der Waals surface area contributed by atoms with Crippen LogP contribution in [0, 0.1) is 0 Å². The molecule has 0 aliphatic carbocycles. The Morgan fingerprint density at radius 3 is 2.67 bits per heavy atom. The first kappa shape index (κ1) is 6.51. The number of hydroxylamine groups is 2. The van der Waals surface area contributed by atoms with E-state index in [0.717, 1.165) is 11.5 Å². The summed E-state index contributed by atoms with van der Waals surface area (Å²) in [6.07, 6.45) is 0.760. The van der Waals surface area contributed by atoms with Crippen molar-refractivity contribution < 1.29 is 10.0 Å². The van der Waals surface area contributed by atoms with E-state index in [1.54, 1.807) is 7.05 Å². The largest absolute Gasteiger partial charge is 0.358 e. The van der Waals surface area contributed by atoms with Crippen LogP contribution in [0.3, 0.4) is 0 Å². The van der Waals surface area contributed by atoms with E-state index in [1.165, 1.54) is 0 Å². The van der Waals surface area contributed by atoms with Crippen LogP contribution in [0.15, 0.2) is 0 Å². The van der Waals surface area contributed by atoms with E-state index in [0.29, 0.717) is 6.54 Å². The minimum Gasteiger partial charge on any atom is -0.358 e. The first-order valence-corrected chi connectivity index (χ1v) is 2.93. The average Bonchev–Trinajstić information content (AvgIpc) is 1.84. The first-order valence-electron chi connectivity index (χ1n) is 2.93. The van der Waals surface area contributed by atoms with Crippen LogP contribution in [0.1, 0.15) is 6.42 Å². The maximum absolute atomic E-state index is 10.7. The van der Waals surface area contributed by atoms with Crippen LogP contribution in [0.25, 0.3) is 0 Å². The standard InChI is InChI=1S/C5H10N2O2/c1-6-5(8)4-2-3-7(4)9/h4,9H,2-3H2,1H3,(H,6,8). The van der Waals surface area contributed by atoms with Crippen molar-refractivity contribution in [3.8, 4) is 0 Å². The summed E-state index contributed by atoms with van der Waals surface area (Å²) in [5.41, 5.74) is 0. The molecule has 0 aromatic carbocycles. The molecule has 2 N–H and O–H groups in total. The molecular weight excluding hydrogens is 120 g/mol. The van der Waals surface area contributed by atoms with E-state index in [-0.39, 0.29) is 11.9 Å². The molecule has 1 aliphatic heterocycles. The third-order valence-electron chi connectivity index (χ3n) is 1.54. The van der Waals surface area contributed by atoms with Crippen molar-refractivity contribution in [3.63, 3.8) is 0 Å². The molecule has 1 aliphatic rings. The zero-order valence-corrected chi connectivity index (χ0v) is 5.29. The number of nitrogens with zero attached hydrogens (tertiary/aromatic N) is 1. The fraction of sp³-hybridized carbons (Fsp3) is 0.800. The molecule has 1 atom stereocenters. The molecule has 0 aromatic heterocycles. The van der Waals surface area contributed by atoms with Crippen LogP contribution in [0.2, 0.25) is 0 Å². The van der Waals surface area contributed by atoms with Crippen molar-refractivity contribution in [2.24, 2.45) is 0 Å². The Labute approximate surface area is 53.4 Å². The Balaban J connectivity index is 2.35. The molecule has 52 valence electrons. The summed E-state index contributed by atoms with van der Waals surface area (Å²) < 4.78 is 0. The van der Waals surface area contributed by atoms with Gasteiger partial charge >= 0.3 is 0 Å². The van der Waals surface area contributed by atoms with Gasteiger partial charge in [0.15, 0.2) is 0 Å². The predicted molar refractivity (Wildman–Crippen MR) is 31.0 cm³/mol. The van der Waals surface area contributed by atoms with Gasteiger partial charge in [-0.1, -0.05) is 0 Å². The maximum Gasteiger partial charge on any atom is 0.239 e. The SMILES string of the molecule is CNC(=O)C1CCN1O. The molecule has 4 nitrogen and oxygen atoms in total. The number of rotatable bonds is 1. The molecule has 0 aromatic rings. The van der Waals surface area contributed by atoms with Crippen molar-refractivity contribution in [1.82, 2.24) is 10.4 Å². The van der Waals surface area contributed by atoms with Gasteiger partial charge in [0.05, 0.1) is 0 Å². The molecule has 1 saturated heterocycles. The predicted octanol–water partition coefficient (Wildman–Crippen LogP) is -0.804. The van der Waals surface area contributed by atoms with Crippen LogP contribution >= 0.6 is 0 Å². The van der Waals surface area contributed by atoms with E-state index in [2.05, 4.69) is 5.32 Å². The number of amides is 1. The van der Waals surface area contributed by atoms with Crippen LogP contribution in [0.5, 0.6) is 0 Å². The third kappa shape index (κ3) is 1.04. The van der Waals surface area contributed by atoms with Gasteiger partial charge in [0.25, 0.3) is 0 Å². The Morgan fingerprint density at radius 1 is 1.89 bits per heavy atom. The minimum atomic E-state index is -0.296. The molecule has 4 heteroatoms. The molecule has 0 spiro atoms. The summed E-state index contributed by atoms with van der Waals surface area (Å²) in [4.78, 5) is 10.7. The van der Waals surface area contributed by atoms with Gasteiger partial charge in [0.2, 0.25) is 5.91 Å². The van der Waals surface area contributed by atoms with Crippen LogP contribution in [0.4, 0.5) is 0 Å². The Bertz CT molecular complexity index is 126. The van der Waals surface area contributed by atoms with Gasteiger partial charge in [-0.2, -0.15) is 5.06 Å². The first-order chi connectivity index (χ1) is 4.25. The van der Waals surface area contributed by atoms with Crippen LogP contribution in [-0.4, -0.2) is 35.8 Å². The van der Waals surface area contributed by atoms with Gasteiger partial charge in [-0.25, -0.2) is 0 Å². The molecule has 1 unspecified atom stereocenters. The second-order valence-corrected chi connectivity index (χ2v) is 2.08. The average molecular weight is 130 g/mol. The fourth-order valence-corrected chi connectivity index (χ4v) is 0.807. The lowest BCUT2D eigenvalue weighted by molar-refractivity contribution is -0.188. The smallest absolute Gasteiger partial charge is 0.239 e. The maximum atomic E-state index is 10.7.